The molecule has 0 amide bonds. The Morgan fingerprint density at radius 1 is 1.14 bits per heavy atom. The van der Waals surface area contributed by atoms with Gasteiger partial charge in [0.25, 0.3) is 0 Å². The zero-order chi connectivity index (χ0) is 26.6. The molecular formula is C26H24ClF4N5O. The molecule has 37 heavy (non-hydrogen) atoms. The standard InChI is InChI=1S/C26H24ClF4N5O/c1-4-20(37)36-9-7-35(8-10-36)18-12-19(26(29,30)31)32-25-15(18)11-16(27)23(24(25)28)21-13(2)5-6-17-22(21)14(3)33-34-17/h4-6,11-12,20,37H,1,7-10H2,2-3H3,(H,33,34). The second-order valence-electron chi connectivity index (χ2n) is 9.14. The Kier molecular flexibility index (Phi) is 6.37. The highest BCUT2D eigenvalue weighted by molar-refractivity contribution is 6.35. The maximum atomic E-state index is 16.3. The molecule has 2 aromatic heterocycles. The van der Waals surface area contributed by atoms with Crippen LogP contribution in [0.25, 0.3) is 32.9 Å². The van der Waals surface area contributed by atoms with Crippen LogP contribution in [0.4, 0.5) is 23.2 Å². The second kappa shape index (κ2) is 9.27. The minimum atomic E-state index is -4.78. The third-order valence-electron chi connectivity index (χ3n) is 6.87. The van der Waals surface area contributed by atoms with Crippen molar-refractivity contribution in [1.82, 2.24) is 20.1 Å². The van der Waals surface area contributed by atoms with E-state index in [1.165, 1.54) is 12.1 Å². The summed E-state index contributed by atoms with van der Waals surface area (Å²) in [5, 5.41) is 18.0. The van der Waals surface area contributed by atoms with Gasteiger partial charge in [0.05, 0.1) is 10.5 Å². The lowest BCUT2D eigenvalue weighted by Gasteiger charge is -2.38. The van der Waals surface area contributed by atoms with Crippen molar-refractivity contribution in [1.29, 1.82) is 0 Å². The first kappa shape index (κ1) is 25.4. The molecule has 1 atom stereocenters. The summed E-state index contributed by atoms with van der Waals surface area (Å²) in [5.41, 5.74) is 1.00. The molecule has 1 unspecified atom stereocenters. The highest BCUT2D eigenvalue weighted by atomic mass is 35.5. The molecule has 0 spiro atoms. The monoisotopic (exact) mass is 533 g/mol. The zero-order valence-electron chi connectivity index (χ0n) is 20.1. The van der Waals surface area contributed by atoms with Gasteiger partial charge in [-0.25, -0.2) is 9.37 Å². The van der Waals surface area contributed by atoms with Crippen molar-refractivity contribution in [2.75, 3.05) is 31.1 Å². The first-order chi connectivity index (χ1) is 17.5. The van der Waals surface area contributed by atoms with Crippen LogP contribution in [0, 0.1) is 19.7 Å². The number of aryl methyl sites for hydroxylation is 2. The van der Waals surface area contributed by atoms with E-state index in [1.807, 2.05) is 0 Å². The summed E-state index contributed by atoms with van der Waals surface area (Å²) in [6.07, 6.45) is -4.25. The fourth-order valence-electron chi connectivity index (χ4n) is 4.98. The number of rotatable bonds is 4. The summed E-state index contributed by atoms with van der Waals surface area (Å²) in [4.78, 5) is 7.21. The Bertz CT molecular complexity index is 1530. The molecule has 5 rings (SSSR count). The fourth-order valence-corrected chi connectivity index (χ4v) is 5.26. The molecule has 1 fully saturated rings. The number of H-pyrrole nitrogens is 1. The molecule has 4 aromatic rings. The molecule has 0 bridgehead atoms. The minimum absolute atomic E-state index is 0.0153. The van der Waals surface area contributed by atoms with Crippen molar-refractivity contribution in [3.63, 3.8) is 0 Å². The number of halogens is 5. The van der Waals surface area contributed by atoms with Crippen molar-refractivity contribution in [3.8, 4) is 11.1 Å². The van der Waals surface area contributed by atoms with Crippen LogP contribution in [0.1, 0.15) is 17.0 Å². The second-order valence-corrected chi connectivity index (χ2v) is 9.55. The van der Waals surface area contributed by atoms with Gasteiger partial charge in [-0.3, -0.25) is 10.00 Å². The highest BCUT2D eigenvalue weighted by Gasteiger charge is 2.35. The van der Waals surface area contributed by atoms with Crippen LogP contribution in [0.2, 0.25) is 5.02 Å². The number of pyridine rings is 1. The number of fused-ring (bicyclic) bond motifs is 2. The van der Waals surface area contributed by atoms with Gasteiger partial charge in [0.1, 0.15) is 17.4 Å². The Balaban J connectivity index is 1.73. The number of benzene rings is 2. The molecule has 2 aromatic carbocycles. The van der Waals surface area contributed by atoms with Gasteiger partial charge in [-0.15, -0.1) is 0 Å². The van der Waals surface area contributed by atoms with Gasteiger partial charge in [-0.05, 0) is 43.7 Å². The van der Waals surface area contributed by atoms with E-state index >= 15 is 4.39 Å². The molecule has 1 aliphatic rings. The van der Waals surface area contributed by atoms with E-state index < -0.39 is 29.4 Å². The van der Waals surface area contributed by atoms with Crippen molar-refractivity contribution in [3.05, 3.63) is 64.7 Å². The molecule has 1 aliphatic heterocycles. The maximum absolute atomic E-state index is 16.3. The van der Waals surface area contributed by atoms with Crippen LogP contribution in [-0.2, 0) is 6.18 Å². The van der Waals surface area contributed by atoms with E-state index in [-0.39, 0.29) is 21.7 Å². The number of nitrogens with one attached hydrogen (secondary N) is 1. The predicted octanol–water partition coefficient (Wildman–Crippen LogP) is 5.83. The number of alkyl halides is 3. The van der Waals surface area contributed by atoms with Gasteiger partial charge in [0.2, 0.25) is 0 Å². The Labute approximate surface area is 215 Å². The van der Waals surface area contributed by atoms with Crippen LogP contribution in [-0.4, -0.2) is 57.6 Å². The lowest BCUT2D eigenvalue weighted by molar-refractivity contribution is -0.140. The van der Waals surface area contributed by atoms with E-state index in [2.05, 4.69) is 21.8 Å². The third kappa shape index (κ3) is 4.32. The van der Waals surface area contributed by atoms with Crippen LogP contribution in [0.15, 0.2) is 36.9 Å². The van der Waals surface area contributed by atoms with Crippen molar-refractivity contribution in [2.24, 2.45) is 0 Å². The van der Waals surface area contributed by atoms with Crippen LogP contribution in [0.3, 0.4) is 0 Å². The third-order valence-corrected chi connectivity index (χ3v) is 7.16. The van der Waals surface area contributed by atoms with Crippen LogP contribution >= 0.6 is 11.6 Å². The maximum Gasteiger partial charge on any atom is 0.433 e. The summed E-state index contributed by atoms with van der Waals surface area (Å²) >= 11 is 6.67. The molecule has 1 saturated heterocycles. The van der Waals surface area contributed by atoms with E-state index in [0.29, 0.717) is 53.9 Å². The lowest BCUT2D eigenvalue weighted by atomic mass is 9.93. The Hall–Kier alpha value is -3.21. The van der Waals surface area contributed by atoms with E-state index in [1.54, 1.807) is 35.8 Å². The normalized spacial score (nSPS) is 16.1. The summed E-state index contributed by atoms with van der Waals surface area (Å²) in [6.45, 7) is 8.53. The first-order valence-corrected chi connectivity index (χ1v) is 12.0. The van der Waals surface area contributed by atoms with Gasteiger partial charge in [0, 0.05) is 59.5 Å². The highest BCUT2D eigenvalue weighted by Crippen LogP contribution is 2.44. The number of aromatic nitrogens is 3. The summed E-state index contributed by atoms with van der Waals surface area (Å²) in [5.74, 6) is -0.924. The number of piperazine rings is 1. The minimum Gasteiger partial charge on any atom is -0.375 e. The number of nitrogens with zero attached hydrogens (tertiary/aromatic N) is 4. The molecule has 194 valence electrons. The Morgan fingerprint density at radius 3 is 2.49 bits per heavy atom. The fraction of sp³-hybridized carbons (Fsp3) is 0.308. The zero-order valence-corrected chi connectivity index (χ0v) is 20.9. The smallest absolute Gasteiger partial charge is 0.375 e. The van der Waals surface area contributed by atoms with Gasteiger partial charge in [0.15, 0.2) is 5.82 Å². The van der Waals surface area contributed by atoms with Crippen molar-refractivity contribution >= 4 is 39.1 Å². The van der Waals surface area contributed by atoms with Gasteiger partial charge >= 0.3 is 6.18 Å². The topological polar surface area (TPSA) is 68.3 Å². The van der Waals surface area contributed by atoms with Crippen molar-refractivity contribution in [2.45, 2.75) is 26.3 Å². The number of hydrogen-bond donors (Lipinski definition) is 2. The number of hydrogen-bond acceptors (Lipinski definition) is 5. The number of aliphatic hydroxyl groups is 1. The van der Waals surface area contributed by atoms with E-state index in [4.69, 9.17) is 11.6 Å². The molecule has 3 heterocycles. The number of anilines is 1. The van der Waals surface area contributed by atoms with E-state index in [0.717, 1.165) is 6.07 Å². The van der Waals surface area contributed by atoms with Gasteiger partial charge in [-0.2, -0.15) is 18.3 Å². The summed E-state index contributed by atoms with van der Waals surface area (Å²) in [6, 6.07) is 5.96. The van der Waals surface area contributed by atoms with Crippen LogP contribution < -0.4 is 4.90 Å². The number of aliphatic hydroxyl groups excluding tert-OH is 1. The van der Waals surface area contributed by atoms with Crippen molar-refractivity contribution < 1.29 is 22.7 Å². The quantitative estimate of drug-likeness (QED) is 0.255. The molecule has 0 radical (unpaired) electrons. The van der Waals surface area contributed by atoms with Gasteiger partial charge < -0.3 is 10.0 Å². The van der Waals surface area contributed by atoms with E-state index in [9.17, 15) is 18.3 Å². The molecule has 2 N–H and O–H groups in total. The average molecular weight is 534 g/mol. The average Bonchev–Trinajstić information content (AvgIpc) is 3.24. The molecule has 11 heteroatoms. The predicted molar refractivity (Wildman–Crippen MR) is 136 cm³/mol. The SMILES string of the molecule is C=CC(O)N1CCN(c2cc(C(F)(F)F)nc3c(F)c(-c4c(C)ccc5n[nH]c(C)c45)c(Cl)cc23)CC1. The summed E-state index contributed by atoms with van der Waals surface area (Å²) in [7, 11) is 0. The summed E-state index contributed by atoms with van der Waals surface area (Å²) < 4.78 is 58.0. The lowest BCUT2D eigenvalue weighted by Crippen LogP contribution is -2.50. The molecular weight excluding hydrogens is 510 g/mol. The molecule has 0 saturated carbocycles. The molecule has 6 nitrogen and oxygen atoms in total. The largest absolute Gasteiger partial charge is 0.433 e. The molecule has 0 aliphatic carbocycles. The first-order valence-electron chi connectivity index (χ1n) is 11.7. The Morgan fingerprint density at radius 2 is 1.84 bits per heavy atom. The number of aromatic amines is 1. The van der Waals surface area contributed by atoms with Gasteiger partial charge in [-0.1, -0.05) is 24.2 Å². The van der Waals surface area contributed by atoms with Crippen LogP contribution in [0.5, 0.6) is 0 Å².